The Morgan fingerprint density at radius 1 is 1.24 bits per heavy atom. The van der Waals surface area contributed by atoms with Gasteiger partial charge in [0.1, 0.15) is 6.10 Å². The van der Waals surface area contributed by atoms with E-state index in [1.165, 1.54) is 17.4 Å². The van der Waals surface area contributed by atoms with Crippen LogP contribution in [0.1, 0.15) is 43.7 Å². The fourth-order valence-corrected chi connectivity index (χ4v) is 2.70. The molecular formula is C17H23N3O4S. The smallest absolute Gasteiger partial charge is 0.257 e. The topological polar surface area (TPSA) is 93.6 Å². The van der Waals surface area contributed by atoms with Crippen molar-refractivity contribution in [1.82, 2.24) is 9.97 Å². The highest BCUT2D eigenvalue weighted by Gasteiger charge is 2.15. The van der Waals surface area contributed by atoms with E-state index in [-0.39, 0.29) is 30.4 Å². The van der Waals surface area contributed by atoms with Gasteiger partial charge in [-0.1, -0.05) is 6.92 Å². The van der Waals surface area contributed by atoms with Crippen LogP contribution in [-0.4, -0.2) is 39.8 Å². The van der Waals surface area contributed by atoms with E-state index in [4.69, 9.17) is 14.6 Å². The highest BCUT2D eigenvalue weighted by atomic mass is 32.1. The normalized spacial score (nSPS) is 12.1. The summed E-state index contributed by atoms with van der Waals surface area (Å²) < 4.78 is 11.1. The van der Waals surface area contributed by atoms with Crippen LogP contribution < -0.4 is 14.8 Å². The number of carbonyl (C=O) groups is 1. The molecule has 136 valence electrons. The lowest BCUT2D eigenvalue weighted by molar-refractivity contribution is 0.102. The fraction of sp³-hybridized carbons (Fsp3) is 0.471. The van der Waals surface area contributed by atoms with Crippen LogP contribution in [0.5, 0.6) is 11.8 Å². The first-order valence-corrected chi connectivity index (χ1v) is 9.01. The molecule has 2 aromatic heterocycles. The fourth-order valence-electron chi connectivity index (χ4n) is 1.91. The van der Waals surface area contributed by atoms with Gasteiger partial charge in [0.05, 0.1) is 24.0 Å². The standard InChI is InChI=1S/C17H23N3O4S/c1-5-13-9-25-17(18-13)20-16(22)12-6-14(23-10(2)3)19-15(7-12)24-11(4)8-21/h6-7,9-11,21H,5,8H2,1-4H3,(H,18,20,22). The maximum absolute atomic E-state index is 12.5. The molecule has 25 heavy (non-hydrogen) atoms. The highest BCUT2D eigenvalue weighted by Crippen LogP contribution is 2.22. The van der Waals surface area contributed by atoms with Crippen molar-refractivity contribution in [3.05, 3.63) is 28.8 Å². The van der Waals surface area contributed by atoms with E-state index < -0.39 is 6.10 Å². The van der Waals surface area contributed by atoms with Crippen molar-refractivity contribution >= 4 is 22.4 Å². The quantitative estimate of drug-likeness (QED) is 0.747. The average molecular weight is 365 g/mol. The maximum atomic E-state index is 12.5. The Morgan fingerprint density at radius 3 is 2.48 bits per heavy atom. The minimum absolute atomic E-state index is 0.0972. The third-order valence-corrected chi connectivity index (χ3v) is 3.92. The van der Waals surface area contributed by atoms with Crippen LogP contribution in [0.25, 0.3) is 0 Å². The summed E-state index contributed by atoms with van der Waals surface area (Å²) in [5.74, 6) is 0.184. The Kier molecular flexibility index (Phi) is 6.72. The average Bonchev–Trinajstić information content (AvgIpc) is 3.01. The first kappa shape index (κ1) is 19.1. The first-order chi connectivity index (χ1) is 11.9. The molecule has 0 aliphatic heterocycles. The van der Waals surface area contributed by atoms with Crippen molar-refractivity contribution in [2.75, 3.05) is 11.9 Å². The number of aryl methyl sites for hydroxylation is 1. The molecule has 0 aromatic carbocycles. The molecule has 0 spiro atoms. The van der Waals surface area contributed by atoms with E-state index in [0.29, 0.717) is 10.7 Å². The summed E-state index contributed by atoms with van der Waals surface area (Å²) in [5.41, 5.74) is 1.28. The number of nitrogens with one attached hydrogen (secondary N) is 1. The summed E-state index contributed by atoms with van der Waals surface area (Å²) in [4.78, 5) is 21.1. The minimum atomic E-state index is -0.441. The number of nitrogens with zero attached hydrogens (tertiary/aromatic N) is 2. The van der Waals surface area contributed by atoms with Gasteiger partial charge in [0.15, 0.2) is 5.13 Å². The number of hydrogen-bond acceptors (Lipinski definition) is 7. The number of amides is 1. The van der Waals surface area contributed by atoms with Crippen LogP contribution in [0, 0.1) is 0 Å². The molecular weight excluding hydrogens is 342 g/mol. The molecule has 0 aliphatic carbocycles. The number of aromatic nitrogens is 2. The van der Waals surface area contributed by atoms with E-state index in [0.717, 1.165) is 12.1 Å². The molecule has 8 heteroatoms. The van der Waals surface area contributed by atoms with Crippen molar-refractivity contribution in [3.63, 3.8) is 0 Å². The van der Waals surface area contributed by atoms with E-state index in [9.17, 15) is 4.79 Å². The van der Waals surface area contributed by atoms with Crippen molar-refractivity contribution in [1.29, 1.82) is 0 Å². The summed E-state index contributed by atoms with van der Waals surface area (Å²) >= 11 is 1.38. The third-order valence-electron chi connectivity index (χ3n) is 3.11. The monoisotopic (exact) mass is 365 g/mol. The first-order valence-electron chi connectivity index (χ1n) is 8.13. The van der Waals surface area contributed by atoms with E-state index >= 15 is 0 Å². The lowest BCUT2D eigenvalue weighted by Gasteiger charge is -2.15. The SMILES string of the molecule is CCc1csc(NC(=O)c2cc(OC(C)C)nc(OC(C)CO)c2)n1. The molecule has 2 aromatic rings. The Balaban J connectivity index is 2.23. The Morgan fingerprint density at radius 2 is 1.92 bits per heavy atom. The Labute approximate surface area is 151 Å². The van der Waals surface area contributed by atoms with Crippen LogP contribution in [0.15, 0.2) is 17.5 Å². The summed E-state index contributed by atoms with van der Waals surface area (Å²) in [6.45, 7) is 7.29. The zero-order chi connectivity index (χ0) is 18.4. The van der Waals surface area contributed by atoms with Crippen molar-refractivity contribution < 1.29 is 19.4 Å². The number of aliphatic hydroxyl groups is 1. The number of anilines is 1. The Bertz CT molecular complexity index is 718. The molecule has 0 fully saturated rings. The number of pyridine rings is 1. The number of thiazole rings is 1. The van der Waals surface area contributed by atoms with Gasteiger partial charge in [-0.05, 0) is 27.2 Å². The van der Waals surface area contributed by atoms with Crippen molar-refractivity contribution in [2.45, 2.75) is 46.3 Å². The molecule has 0 radical (unpaired) electrons. The van der Waals surface area contributed by atoms with Crippen LogP contribution in [-0.2, 0) is 6.42 Å². The molecule has 0 bridgehead atoms. The molecule has 1 atom stereocenters. The molecule has 2 heterocycles. The second kappa shape index (κ2) is 8.77. The molecule has 0 aliphatic rings. The molecule has 2 rings (SSSR count). The van der Waals surface area contributed by atoms with Gasteiger partial charge in [0.25, 0.3) is 5.91 Å². The van der Waals surface area contributed by atoms with Crippen LogP contribution >= 0.6 is 11.3 Å². The molecule has 1 unspecified atom stereocenters. The summed E-state index contributed by atoms with van der Waals surface area (Å²) in [6, 6.07) is 3.07. The van der Waals surface area contributed by atoms with Gasteiger partial charge in [-0.2, -0.15) is 4.98 Å². The predicted octanol–water partition coefficient (Wildman–Crippen LogP) is 2.90. The molecule has 2 N–H and O–H groups in total. The lowest BCUT2D eigenvalue weighted by Crippen LogP contribution is -2.19. The highest BCUT2D eigenvalue weighted by molar-refractivity contribution is 7.13. The van der Waals surface area contributed by atoms with Gasteiger partial charge in [0, 0.05) is 17.5 Å². The number of ether oxygens (including phenoxy) is 2. The molecule has 0 saturated carbocycles. The molecule has 1 amide bonds. The van der Waals surface area contributed by atoms with Crippen molar-refractivity contribution in [2.24, 2.45) is 0 Å². The van der Waals surface area contributed by atoms with Crippen molar-refractivity contribution in [3.8, 4) is 11.8 Å². The van der Waals surface area contributed by atoms with Gasteiger partial charge in [-0.3, -0.25) is 10.1 Å². The zero-order valence-electron chi connectivity index (χ0n) is 14.8. The summed E-state index contributed by atoms with van der Waals surface area (Å²) in [5, 5.41) is 14.4. The second-order valence-corrected chi connectivity index (χ2v) is 6.62. The number of rotatable bonds is 8. The Hall–Kier alpha value is -2.19. The number of carbonyl (C=O) groups excluding carboxylic acids is 1. The van der Waals surface area contributed by atoms with Crippen LogP contribution in [0.3, 0.4) is 0 Å². The summed E-state index contributed by atoms with van der Waals surface area (Å²) in [7, 11) is 0. The molecule has 0 saturated heterocycles. The van der Waals surface area contributed by atoms with Gasteiger partial charge >= 0.3 is 0 Å². The maximum Gasteiger partial charge on any atom is 0.257 e. The van der Waals surface area contributed by atoms with Gasteiger partial charge in [0.2, 0.25) is 11.8 Å². The number of hydrogen-bond donors (Lipinski definition) is 2. The van der Waals surface area contributed by atoms with Crippen LogP contribution in [0.4, 0.5) is 5.13 Å². The zero-order valence-corrected chi connectivity index (χ0v) is 15.6. The van der Waals surface area contributed by atoms with Crippen LogP contribution in [0.2, 0.25) is 0 Å². The number of aliphatic hydroxyl groups excluding tert-OH is 1. The minimum Gasteiger partial charge on any atom is -0.475 e. The van der Waals surface area contributed by atoms with Gasteiger partial charge < -0.3 is 14.6 Å². The molecule has 7 nitrogen and oxygen atoms in total. The lowest BCUT2D eigenvalue weighted by atomic mass is 10.2. The van der Waals surface area contributed by atoms with Gasteiger partial charge in [-0.15, -0.1) is 11.3 Å². The van der Waals surface area contributed by atoms with E-state index in [1.807, 2.05) is 26.2 Å². The van der Waals surface area contributed by atoms with E-state index in [2.05, 4.69) is 15.3 Å². The predicted molar refractivity (Wildman–Crippen MR) is 96.6 cm³/mol. The third kappa shape index (κ3) is 5.68. The summed E-state index contributed by atoms with van der Waals surface area (Å²) in [6.07, 6.45) is 0.272. The second-order valence-electron chi connectivity index (χ2n) is 5.76. The van der Waals surface area contributed by atoms with E-state index in [1.54, 1.807) is 13.0 Å². The largest absolute Gasteiger partial charge is 0.475 e. The van der Waals surface area contributed by atoms with Gasteiger partial charge in [-0.25, -0.2) is 4.98 Å².